The van der Waals surface area contributed by atoms with Crippen LogP contribution in [0.25, 0.3) is 20.2 Å². The van der Waals surface area contributed by atoms with Gasteiger partial charge < -0.3 is 9.68 Å². The Bertz CT molecular complexity index is 648. The minimum atomic E-state index is -0.288. The van der Waals surface area contributed by atoms with Gasteiger partial charge in [-0.05, 0) is 18.2 Å². The molecule has 0 spiro atoms. The van der Waals surface area contributed by atoms with Crippen molar-refractivity contribution < 1.29 is 9.68 Å². The minimum absolute atomic E-state index is 0.288. The van der Waals surface area contributed by atoms with Gasteiger partial charge >= 0.3 is 7.69 Å². The van der Waals surface area contributed by atoms with Gasteiger partial charge in [-0.25, -0.2) is 0 Å². The van der Waals surface area contributed by atoms with Gasteiger partial charge in [0.05, 0.1) is 0 Å². The van der Waals surface area contributed by atoms with Crippen LogP contribution in [0.4, 0.5) is 0 Å². The molecule has 0 aliphatic carbocycles. The summed E-state index contributed by atoms with van der Waals surface area (Å²) in [5.74, 6) is 0.748. The lowest BCUT2D eigenvalue weighted by molar-refractivity contribution is 0.457. The number of hydrogen-bond acceptors (Lipinski definition) is 3. The molecule has 4 heteroatoms. The van der Waals surface area contributed by atoms with Crippen molar-refractivity contribution in [2.45, 2.75) is 0 Å². The van der Waals surface area contributed by atoms with Crippen molar-refractivity contribution in [2.75, 3.05) is 0 Å². The van der Waals surface area contributed by atoms with Crippen LogP contribution in [0.5, 0.6) is 5.75 Å². The van der Waals surface area contributed by atoms with Crippen molar-refractivity contribution >= 4 is 39.2 Å². The lowest BCUT2D eigenvalue weighted by atomic mass is 10.1. The van der Waals surface area contributed by atoms with E-state index in [4.69, 9.17) is 9.68 Å². The predicted octanol–water partition coefficient (Wildman–Crippen LogP) is 2.69. The maximum atomic E-state index is 8.87. The van der Waals surface area contributed by atoms with Crippen molar-refractivity contribution in [1.82, 2.24) is 0 Å². The highest BCUT2D eigenvalue weighted by Crippen LogP contribution is 2.38. The molecule has 0 saturated carbocycles. The first-order valence-electron chi connectivity index (χ1n) is 5.04. The molecular formula is C12H9BO2S. The zero-order chi connectivity index (χ0) is 11.0. The van der Waals surface area contributed by atoms with E-state index in [9.17, 15) is 0 Å². The first kappa shape index (κ1) is 9.69. The molecule has 0 radical (unpaired) electrons. The number of thiophene rings is 1. The zero-order valence-electron chi connectivity index (χ0n) is 8.51. The third-order valence-corrected chi connectivity index (χ3v) is 3.72. The van der Waals surface area contributed by atoms with E-state index in [0.717, 1.165) is 11.1 Å². The Labute approximate surface area is 97.4 Å². The van der Waals surface area contributed by atoms with Crippen molar-refractivity contribution in [3.05, 3.63) is 42.5 Å². The Morgan fingerprint density at radius 2 is 1.81 bits per heavy atom. The van der Waals surface area contributed by atoms with Crippen molar-refractivity contribution in [2.24, 2.45) is 0 Å². The lowest BCUT2D eigenvalue weighted by Crippen LogP contribution is -1.99. The minimum Gasteiger partial charge on any atom is -0.538 e. The standard InChI is InChI=1S/C12H9BO2S/c14-13-15-9-5-3-7-11-12(9)8-4-1-2-6-10(8)16-11/h1-7,13-14H. The van der Waals surface area contributed by atoms with Gasteiger partial charge in [0, 0.05) is 20.2 Å². The van der Waals surface area contributed by atoms with Crippen LogP contribution in [0.15, 0.2) is 42.5 Å². The van der Waals surface area contributed by atoms with Gasteiger partial charge in [0.25, 0.3) is 0 Å². The Kier molecular flexibility index (Phi) is 2.31. The predicted molar refractivity (Wildman–Crippen MR) is 69.3 cm³/mol. The topological polar surface area (TPSA) is 29.5 Å². The van der Waals surface area contributed by atoms with Gasteiger partial charge in [0.2, 0.25) is 0 Å². The Morgan fingerprint density at radius 1 is 1.00 bits per heavy atom. The van der Waals surface area contributed by atoms with E-state index in [0.29, 0.717) is 0 Å². The highest BCUT2D eigenvalue weighted by molar-refractivity contribution is 7.25. The molecule has 0 unspecified atom stereocenters. The van der Waals surface area contributed by atoms with Gasteiger partial charge in [-0.3, -0.25) is 0 Å². The summed E-state index contributed by atoms with van der Waals surface area (Å²) in [4.78, 5) is 0. The number of rotatable bonds is 2. The SMILES string of the molecule is OBOc1cccc2sc3ccccc3c12. The summed E-state index contributed by atoms with van der Waals surface area (Å²) in [6, 6.07) is 14.1. The maximum Gasteiger partial charge on any atom is 0.504 e. The molecule has 0 amide bonds. The Morgan fingerprint density at radius 3 is 2.69 bits per heavy atom. The first-order valence-corrected chi connectivity index (χ1v) is 5.86. The molecule has 3 rings (SSSR count). The van der Waals surface area contributed by atoms with E-state index in [1.807, 2.05) is 24.3 Å². The molecule has 0 aliphatic rings. The van der Waals surface area contributed by atoms with Gasteiger partial charge in [0.15, 0.2) is 0 Å². The second-order valence-corrected chi connectivity index (χ2v) is 4.58. The van der Waals surface area contributed by atoms with Crippen LogP contribution in [-0.4, -0.2) is 12.7 Å². The van der Waals surface area contributed by atoms with Crippen molar-refractivity contribution in [3.8, 4) is 5.75 Å². The smallest absolute Gasteiger partial charge is 0.504 e. The molecular weight excluding hydrogens is 219 g/mol. The molecule has 16 heavy (non-hydrogen) atoms. The highest BCUT2D eigenvalue weighted by atomic mass is 32.1. The van der Waals surface area contributed by atoms with E-state index in [1.54, 1.807) is 11.3 Å². The molecule has 2 nitrogen and oxygen atoms in total. The van der Waals surface area contributed by atoms with Crippen molar-refractivity contribution in [3.63, 3.8) is 0 Å². The largest absolute Gasteiger partial charge is 0.538 e. The normalized spacial score (nSPS) is 10.8. The van der Waals surface area contributed by atoms with E-state index in [2.05, 4.69) is 18.2 Å². The Balaban J connectivity index is 2.43. The van der Waals surface area contributed by atoms with E-state index in [-0.39, 0.29) is 7.69 Å². The van der Waals surface area contributed by atoms with Crippen LogP contribution in [0, 0.1) is 0 Å². The van der Waals surface area contributed by atoms with E-state index in [1.165, 1.54) is 14.8 Å². The molecule has 0 aliphatic heterocycles. The summed E-state index contributed by atoms with van der Waals surface area (Å²) in [6.45, 7) is 0. The fourth-order valence-corrected chi connectivity index (χ4v) is 3.05. The van der Waals surface area contributed by atoms with Crippen LogP contribution < -0.4 is 4.65 Å². The van der Waals surface area contributed by atoms with E-state index < -0.39 is 0 Å². The maximum absolute atomic E-state index is 8.87. The molecule has 2 aromatic carbocycles. The highest BCUT2D eigenvalue weighted by Gasteiger charge is 2.09. The molecule has 1 aromatic heterocycles. The van der Waals surface area contributed by atoms with Crippen LogP contribution >= 0.6 is 11.3 Å². The Hall–Kier alpha value is -1.52. The molecule has 1 heterocycles. The second-order valence-electron chi connectivity index (χ2n) is 3.50. The zero-order valence-corrected chi connectivity index (χ0v) is 9.33. The summed E-state index contributed by atoms with van der Waals surface area (Å²) in [5, 5.41) is 11.2. The monoisotopic (exact) mass is 228 g/mol. The summed E-state index contributed by atoms with van der Waals surface area (Å²) < 4.78 is 7.68. The molecule has 1 N–H and O–H groups in total. The van der Waals surface area contributed by atoms with Gasteiger partial charge in [-0.1, -0.05) is 24.3 Å². The average Bonchev–Trinajstić information content (AvgIpc) is 2.68. The van der Waals surface area contributed by atoms with Crippen LogP contribution in [0.2, 0.25) is 0 Å². The molecule has 3 aromatic rings. The third kappa shape index (κ3) is 1.38. The quantitative estimate of drug-likeness (QED) is 0.683. The van der Waals surface area contributed by atoms with Gasteiger partial charge in [-0.2, -0.15) is 0 Å². The molecule has 0 saturated heterocycles. The molecule has 0 atom stereocenters. The fraction of sp³-hybridized carbons (Fsp3) is 0. The van der Waals surface area contributed by atoms with Gasteiger partial charge in [0.1, 0.15) is 5.75 Å². The number of benzene rings is 2. The van der Waals surface area contributed by atoms with Gasteiger partial charge in [-0.15, -0.1) is 11.3 Å². The fourth-order valence-electron chi connectivity index (χ4n) is 1.93. The summed E-state index contributed by atoms with van der Waals surface area (Å²) in [6.07, 6.45) is 0. The van der Waals surface area contributed by atoms with Crippen LogP contribution in [-0.2, 0) is 0 Å². The van der Waals surface area contributed by atoms with Crippen molar-refractivity contribution in [1.29, 1.82) is 0 Å². The summed E-state index contributed by atoms with van der Waals surface area (Å²) >= 11 is 1.74. The number of fused-ring (bicyclic) bond motifs is 3. The molecule has 78 valence electrons. The number of hydrogen-bond donors (Lipinski definition) is 1. The van der Waals surface area contributed by atoms with Crippen LogP contribution in [0.1, 0.15) is 0 Å². The molecule has 0 bridgehead atoms. The van der Waals surface area contributed by atoms with E-state index >= 15 is 0 Å². The lowest BCUT2D eigenvalue weighted by Gasteiger charge is -2.03. The summed E-state index contributed by atoms with van der Waals surface area (Å²) in [7, 11) is -0.288. The average molecular weight is 228 g/mol. The summed E-state index contributed by atoms with van der Waals surface area (Å²) in [5.41, 5.74) is 0. The molecule has 0 fully saturated rings. The van der Waals surface area contributed by atoms with Crippen LogP contribution in [0.3, 0.4) is 0 Å². The third-order valence-electron chi connectivity index (χ3n) is 2.58. The second kappa shape index (κ2) is 3.81. The first-order chi connectivity index (χ1) is 7.90.